The molecule has 2 aromatic rings. The average molecular weight is 269 g/mol. The Bertz CT molecular complexity index is 653. The van der Waals surface area contributed by atoms with E-state index in [1.165, 1.54) is 0 Å². The Hall–Kier alpha value is -1.94. The molecule has 1 amide bonds. The number of aromatic nitrogens is 1. The second-order valence-electron chi connectivity index (χ2n) is 5.56. The minimum atomic E-state index is 0.0445. The summed E-state index contributed by atoms with van der Waals surface area (Å²) in [5, 5.41) is 7.33. The lowest BCUT2D eigenvalue weighted by molar-refractivity contribution is -0.120. The van der Waals surface area contributed by atoms with Crippen LogP contribution in [0, 0.1) is 18.8 Å². The van der Waals surface area contributed by atoms with Crippen molar-refractivity contribution in [3.8, 4) is 0 Å². The monoisotopic (exact) mass is 269 g/mol. The molecule has 1 fully saturated rings. The van der Waals surface area contributed by atoms with Crippen molar-refractivity contribution in [1.82, 2.24) is 10.3 Å². The molecule has 4 nitrogen and oxygen atoms in total. The lowest BCUT2D eigenvalue weighted by Crippen LogP contribution is -2.27. The quantitative estimate of drug-likeness (QED) is 0.880. The highest BCUT2D eigenvalue weighted by molar-refractivity contribution is 6.02. The number of nitrogens with zero attached hydrogens (tertiary/aromatic N) is 1. The van der Waals surface area contributed by atoms with Crippen molar-refractivity contribution in [2.24, 2.45) is 11.8 Å². The number of amides is 1. The normalized spacial score (nSPS) is 22.1. The van der Waals surface area contributed by atoms with Gasteiger partial charge >= 0.3 is 0 Å². The zero-order valence-electron chi connectivity index (χ0n) is 11.8. The van der Waals surface area contributed by atoms with E-state index in [0.29, 0.717) is 5.92 Å². The molecule has 1 aromatic carbocycles. The fourth-order valence-electron chi connectivity index (χ4n) is 2.81. The smallest absolute Gasteiger partial charge is 0.229 e. The minimum absolute atomic E-state index is 0.0445. The molecule has 2 N–H and O–H groups in total. The molecule has 1 aliphatic rings. The summed E-state index contributed by atoms with van der Waals surface area (Å²) in [5.41, 5.74) is 2.92. The van der Waals surface area contributed by atoms with Crippen molar-refractivity contribution in [2.75, 3.05) is 18.4 Å². The van der Waals surface area contributed by atoms with Gasteiger partial charge in [-0.2, -0.15) is 0 Å². The van der Waals surface area contributed by atoms with E-state index < -0.39 is 0 Å². The first-order chi connectivity index (χ1) is 9.66. The lowest BCUT2D eigenvalue weighted by Gasteiger charge is -2.15. The maximum Gasteiger partial charge on any atom is 0.229 e. The van der Waals surface area contributed by atoms with E-state index >= 15 is 0 Å². The average Bonchev–Trinajstić information content (AvgIpc) is 2.88. The molecule has 2 heterocycles. The predicted octanol–water partition coefficient (Wildman–Crippen LogP) is 2.34. The van der Waals surface area contributed by atoms with Gasteiger partial charge in [0.05, 0.1) is 17.1 Å². The number of carbonyl (C=O) groups excluding carboxylic acids is 1. The van der Waals surface area contributed by atoms with Gasteiger partial charge in [-0.3, -0.25) is 9.78 Å². The summed E-state index contributed by atoms with van der Waals surface area (Å²) in [5.74, 6) is 0.518. The highest BCUT2D eigenvalue weighted by Crippen LogP contribution is 2.26. The zero-order valence-corrected chi connectivity index (χ0v) is 11.8. The molecule has 0 saturated carbocycles. The van der Waals surface area contributed by atoms with Gasteiger partial charge in [0.25, 0.3) is 0 Å². The van der Waals surface area contributed by atoms with Gasteiger partial charge in [-0.25, -0.2) is 0 Å². The van der Waals surface area contributed by atoms with Crippen molar-refractivity contribution in [3.63, 3.8) is 0 Å². The number of aryl methyl sites for hydroxylation is 1. The Labute approximate surface area is 118 Å². The number of pyridine rings is 1. The van der Waals surface area contributed by atoms with Crippen molar-refractivity contribution < 1.29 is 4.79 Å². The summed E-state index contributed by atoms with van der Waals surface area (Å²) < 4.78 is 0. The highest BCUT2D eigenvalue weighted by atomic mass is 16.1. The minimum Gasteiger partial charge on any atom is -0.325 e. The second kappa shape index (κ2) is 5.21. The Kier molecular flexibility index (Phi) is 3.40. The highest BCUT2D eigenvalue weighted by Gasteiger charge is 2.29. The molecule has 4 heteroatoms. The molecule has 0 radical (unpaired) electrons. The molecule has 3 rings (SSSR count). The van der Waals surface area contributed by atoms with E-state index in [1.807, 2.05) is 31.2 Å². The van der Waals surface area contributed by atoms with E-state index in [1.54, 1.807) is 6.20 Å². The number of carbonyl (C=O) groups is 1. The molecule has 0 bridgehead atoms. The largest absolute Gasteiger partial charge is 0.325 e. The van der Waals surface area contributed by atoms with Gasteiger partial charge in [0.1, 0.15) is 0 Å². The molecule has 1 aromatic heterocycles. The van der Waals surface area contributed by atoms with E-state index in [-0.39, 0.29) is 11.8 Å². The first kappa shape index (κ1) is 13.1. The third-order valence-corrected chi connectivity index (χ3v) is 4.08. The maximum atomic E-state index is 12.4. The van der Waals surface area contributed by atoms with Crippen LogP contribution in [0.15, 0.2) is 30.5 Å². The van der Waals surface area contributed by atoms with Crippen LogP contribution in [0.3, 0.4) is 0 Å². The Morgan fingerprint density at radius 3 is 2.95 bits per heavy atom. The van der Waals surface area contributed by atoms with Crippen LogP contribution < -0.4 is 10.6 Å². The summed E-state index contributed by atoms with van der Waals surface area (Å²) in [7, 11) is 0. The van der Waals surface area contributed by atoms with E-state index in [9.17, 15) is 4.79 Å². The molecule has 0 aliphatic carbocycles. The van der Waals surface area contributed by atoms with Gasteiger partial charge < -0.3 is 10.6 Å². The van der Waals surface area contributed by atoms with Gasteiger partial charge in [0.2, 0.25) is 5.91 Å². The third kappa shape index (κ3) is 2.27. The van der Waals surface area contributed by atoms with Crippen LogP contribution in [0.4, 0.5) is 5.69 Å². The summed E-state index contributed by atoms with van der Waals surface area (Å²) in [6.07, 6.45) is 1.78. The molecular weight excluding hydrogens is 250 g/mol. The van der Waals surface area contributed by atoms with Crippen LogP contribution in [-0.2, 0) is 4.79 Å². The molecule has 0 spiro atoms. The summed E-state index contributed by atoms with van der Waals surface area (Å²) in [6.45, 7) is 5.81. The molecule has 1 saturated heterocycles. The van der Waals surface area contributed by atoms with Crippen LogP contribution in [0.2, 0.25) is 0 Å². The van der Waals surface area contributed by atoms with Gasteiger partial charge in [-0.15, -0.1) is 0 Å². The third-order valence-electron chi connectivity index (χ3n) is 4.08. The molecule has 0 unspecified atom stereocenters. The molecule has 20 heavy (non-hydrogen) atoms. The Balaban J connectivity index is 1.91. The molecular formula is C16H19N3O. The number of nitrogens with one attached hydrogen (secondary N) is 2. The Morgan fingerprint density at radius 1 is 1.35 bits per heavy atom. The van der Waals surface area contributed by atoms with Crippen molar-refractivity contribution in [2.45, 2.75) is 13.8 Å². The summed E-state index contributed by atoms with van der Waals surface area (Å²) >= 11 is 0. The van der Waals surface area contributed by atoms with Gasteiger partial charge in [0, 0.05) is 18.1 Å². The van der Waals surface area contributed by atoms with Crippen molar-refractivity contribution in [3.05, 3.63) is 36.0 Å². The lowest BCUT2D eigenvalue weighted by atomic mass is 9.97. The molecule has 104 valence electrons. The number of benzene rings is 1. The van der Waals surface area contributed by atoms with Gasteiger partial charge in [-0.05, 0) is 43.1 Å². The van der Waals surface area contributed by atoms with Crippen LogP contribution in [0.1, 0.15) is 12.5 Å². The number of fused-ring (bicyclic) bond motifs is 1. The summed E-state index contributed by atoms with van der Waals surface area (Å²) in [6, 6.07) is 7.87. The second-order valence-corrected chi connectivity index (χ2v) is 5.56. The molecule has 2 atom stereocenters. The number of hydrogen-bond acceptors (Lipinski definition) is 3. The Morgan fingerprint density at radius 2 is 2.20 bits per heavy atom. The van der Waals surface area contributed by atoms with Gasteiger partial charge in [-0.1, -0.05) is 13.0 Å². The summed E-state index contributed by atoms with van der Waals surface area (Å²) in [4.78, 5) is 16.8. The van der Waals surface area contributed by atoms with Gasteiger partial charge in [0.15, 0.2) is 0 Å². The maximum absolute atomic E-state index is 12.4. The first-order valence-electron chi connectivity index (χ1n) is 7.02. The fraction of sp³-hybridized carbons (Fsp3) is 0.375. The first-order valence-corrected chi connectivity index (χ1v) is 7.02. The van der Waals surface area contributed by atoms with Crippen LogP contribution in [0.25, 0.3) is 10.9 Å². The topological polar surface area (TPSA) is 54.0 Å². The molecule has 1 aliphatic heterocycles. The standard InChI is InChI=1S/C16H19N3O/c1-10-5-6-14(12-4-3-7-18-15(10)12)19-16(20)13-9-17-8-11(13)2/h3-7,11,13,17H,8-9H2,1-2H3,(H,19,20)/t11-,13-/m1/s1. The van der Waals surface area contributed by atoms with E-state index in [4.69, 9.17) is 0 Å². The SMILES string of the molecule is Cc1ccc(NC(=O)[C@@H]2CNC[C@H]2C)c2cccnc12. The zero-order chi connectivity index (χ0) is 14.1. The van der Waals surface area contributed by atoms with Crippen LogP contribution >= 0.6 is 0 Å². The van der Waals surface area contributed by atoms with E-state index in [2.05, 4.69) is 22.5 Å². The number of anilines is 1. The van der Waals surface area contributed by atoms with Crippen molar-refractivity contribution in [1.29, 1.82) is 0 Å². The van der Waals surface area contributed by atoms with Crippen LogP contribution in [-0.4, -0.2) is 24.0 Å². The number of rotatable bonds is 2. The number of hydrogen-bond donors (Lipinski definition) is 2. The van der Waals surface area contributed by atoms with Crippen molar-refractivity contribution >= 4 is 22.5 Å². The van der Waals surface area contributed by atoms with Crippen LogP contribution in [0.5, 0.6) is 0 Å². The predicted molar refractivity (Wildman–Crippen MR) is 80.6 cm³/mol. The van der Waals surface area contributed by atoms with E-state index in [0.717, 1.165) is 35.2 Å². The fourth-order valence-corrected chi connectivity index (χ4v) is 2.81.